The zero-order chi connectivity index (χ0) is 18.1. The number of nitrogens with zero attached hydrogens (tertiary/aromatic N) is 4. The number of halogens is 1. The van der Waals surface area contributed by atoms with Crippen LogP contribution in [0, 0.1) is 12.8 Å². The van der Waals surface area contributed by atoms with E-state index in [4.69, 9.17) is 0 Å². The number of aryl methyl sites for hydroxylation is 2. The van der Waals surface area contributed by atoms with E-state index in [0.717, 1.165) is 29.2 Å². The van der Waals surface area contributed by atoms with Gasteiger partial charge in [-0.25, -0.2) is 4.98 Å². The van der Waals surface area contributed by atoms with Gasteiger partial charge in [-0.15, -0.1) is 12.4 Å². The first kappa shape index (κ1) is 19.1. The van der Waals surface area contributed by atoms with E-state index < -0.39 is 0 Å². The first-order valence-corrected chi connectivity index (χ1v) is 8.60. The van der Waals surface area contributed by atoms with Gasteiger partial charge in [0.15, 0.2) is 5.82 Å². The molecule has 8 nitrogen and oxygen atoms in total. The average molecular weight is 388 g/mol. The van der Waals surface area contributed by atoms with E-state index in [1.54, 1.807) is 4.68 Å². The van der Waals surface area contributed by atoms with Crippen molar-refractivity contribution in [2.24, 2.45) is 13.0 Å². The van der Waals surface area contributed by atoms with Crippen LogP contribution in [-0.4, -0.2) is 44.0 Å². The summed E-state index contributed by atoms with van der Waals surface area (Å²) in [5.74, 6) is 1.46. The molecule has 1 fully saturated rings. The van der Waals surface area contributed by atoms with E-state index in [1.807, 2.05) is 50.6 Å². The molecule has 142 valence electrons. The fourth-order valence-corrected chi connectivity index (χ4v) is 3.35. The second-order valence-electron chi connectivity index (χ2n) is 6.63. The molecule has 0 bridgehead atoms. The minimum Gasteiger partial charge on any atom is -0.326 e. The van der Waals surface area contributed by atoms with E-state index in [0.29, 0.717) is 12.4 Å². The fraction of sp³-hybridized carbons (Fsp3) is 0.333. The molecule has 1 aliphatic heterocycles. The van der Waals surface area contributed by atoms with Crippen molar-refractivity contribution in [3.8, 4) is 11.4 Å². The lowest BCUT2D eigenvalue weighted by atomic mass is 9.90. The molecule has 4 rings (SSSR count). The Morgan fingerprint density at radius 1 is 1.26 bits per heavy atom. The molecule has 9 heteroatoms. The van der Waals surface area contributed by atoms with Crippen molar-refractivity contribution in [3.63, 3.8) is 0 Å². The number of anilines is 1. The van der Waals surface area contributed by atoms with Crippen molar-refractivity contribution >= 4 is 24.0 Å². The number of benzene rings is 1. The molecule has 0 saturated carbocycles. The van der Waals surface area contributed by atoms with Gasteiger partial charge < -0.3 is 10.6 Å². The van der Waals surface area contributed by atoms with Gasteiger partial charge >= 0.3 is 0 Å². The third kappa shape index (κ3) is 4.01. The van der Waals surface area contributed by atoms with Crippen LogP contribution in [0.3, 0.4) is 0 Å². The Labute approximate surface area is 163 Å². The van der Waals surface area contributed by atoms with Crippen LogP contribution >= 0.6 is 12.4 Å². The topological polar surface area (TPSA) is 101 Å². The van der Waals surface area contributed by atoms with Gasteiger partial charge in [-0.2, -0.15) is 10.2 Å². The SMILES string of the molecule is Cc1nc(-c2ccc(NC(=O)[C@H]3CNC[C@@H]3c3cnn(C)c3)cc2)n[nH]1.Cl. The summed E-state index contributed by atoms with van der Waals surface area (Å²) in [7, 11) is 1.89. The molecule has 1 amide bonds. The normalized spacial score (nSPS) is 18.9. The quantitative estimate of drug-likeness (QED) is 0.634. The second kappa shape index (κ2) is 7.89. The van der Waals surface area contributed by atoms with Gasteiger partial charge in [-0.3, -0.25) is 14.6 Å². The first-order chi connectivity index (χ1) is 12.6. The van der Waals surface area contributed by atoms with Crippen molar-refractivity contribution in [1.29, 1.82) is 0 Å². The summed E-state index contributed by atoms with van der Waals surface area (Å²) in [4.78, 5) is 17.1. The summed E-state index contributed by atoms with van der Waals surface area (Å²) in [6.45, 7) is 3.31. The van der Waals surface area contributed by atoms with Gasteiger partial charge in [0.05, 0.1) is 12.1 Å². The van der Waals surface area contributed by atoms with Crippen molar-refractivity contribution in [2.75, 3.05) is 18.4 Å². The van der Waals surface area contributed by atoms with Gasteiger partial charge in [-0.1, -0.05) is 0 Å². The number of hydrogen-bond acceptors (Lipinski definition) is 5. The lowest BCUT2D eigenvalue weighted by Gasteiger charge is -2.17. The van der Waals surface area contributed by atoms with Crippen LogP contribution in [0.4, 0.5) is 5.69 Å². The molecule has 0 spiro atoms. The zero-order valence-electron chi connectivity index (χ0n) is 15.1. The second-order valence-corrected chi connectivity index (χ2v) is 6.63. The predicted molar refractivity (Wildman–Crippen MR) is 105 cm³/mol. The molecule has 3 aromatic rings. The Morgan fingerprint density at radius 2 is 2.04 bits per heavy atom. The smallest absolute Gasteiger partial charge is 0.229 e. The molecule has 2 aromatic heterocycles. The number of carbonyl (C=O) groups is 1. The van der Waals surface area contributed by atoms with Crippen LogP contribution in [0.1, 0.15) is 17.3 Å². The van der Waals surface area contributed by atoms with E-state index >= 15 is 0 Å². The highest BCUT2D eigenvalue weighted by Crippen LogP contribution is 2.29. The van der Waals surface area contributed by atoms with Crippen LogP contribution in [0.25, 0.3) is 11.4 Å². The summed E-state index contributed by atoms with van der Waals surface area (Å²) in [6, 6.07) is 7.56. The lowest BCUT2D eigenvalue weighted by Crippen LogP contribution is -2.28. The molecule has 0 unspecified atom stereocenters. The number of rotatable bonds is 4. The molecular formula is C18H22ClN7O. The number of aromatic amines is 1. The lowest BCUT2D eigenvalue weighted by molar-refractivity contribution is -0.119. The molecule has 0 radical (unpaired) electrons. The number of nitrogens with one attached hydrogen (secondary N) is 3. The molecular weight excluding hydrogens is 366 g/mol. The summed E-state index contributed by atoms with van der Waals surface area (Å²) >= 11 is 0. The monoisotopic (exact) mass is 387 g/mol. The standard InChI is InChI=1S/C18H21N7O.ClH/c1-11-21-17(24-23-11)12-3-5-14(6-4-12)22-18(26)16-9-19-8-15(16)13-7-20-25(2)10-13;/h3-7,10,15-16,19H,8-9H2,1-2H3,(H,22,26)(H,21,23,24);1H/t15-,16+;/m1./s1. The maximum Gasteiger partial charge on any atom is 0.229 e. The Balaban J connectivity index is 0.00000210. The summed E-state index contributed by atoms with van der Waals surface area (Å²) in [5.41, 5.74) is 2.76. The van der Waals surface area contributed by atoms with E-state index in [1.165, 1.54) is 0 Å². The molecule has 3 heterocycles. The van der Waals surface area contributed by atoms with Crippen LogP contribution in [0.5, 0.6) is 0 Å². The molecule has 1 aliphatic rings. The molecule has 2 atom stereocenters. The number of carbonyl (C=O) groups excluding carboxylic acids is 1. The van der Waals surface area contributed by atoms with Crippen molar-refractivity contribution in [3.05, 3.63) is 48.0 Å². The van der Waals surface area contributed by atoms with Crippen LogP contribution in [-0.2, 0) is 11.8 Å². The Hall–Kier alpha value is -2.71. The maximum absolute atomic E-state index is 12.8. The molecule has 27 heavy (non-hydrogen) atoms. The number of amides is 1. The maximum atomic E-state index is 12.8. The highest BCUT2D eigenvalue weighted by atomic mass is 35.5. The predicted octanol–water partition coefficient (Wildman–Crippen LogP) is 1.88. The third-order valence-electron chi connectivity index (χ3n) is 4.71. The minimum atomic E-state index is -0.116. The minimum absolute atomic E-state index is 0. The van der Waals surface area contributed by atoms with E-state index in [2.05, 4.69) is 30.9 Å². The molecule has 3 N–H and O–H groups in total. The average Bonchev–Trinajstić information content (AvgIpc) is 3.35. The zero-order valence-corrected chi connectivity index (χ0v) is 16.0. The summed E-state index contributed by atoms with van der Waals surface area (Å²) in [5, 5.41) is 17.5. The van der Waals surface area contributed by atoms with Crippen LogP contribution in [0.2, 0.25) is 0 Å². The van der Waals surface area contributed by atoms with Gasteiger partial charge in [0.2, 0.25) is 5.91 Å². The molecule has 1 saturated heterocycles. The number of H-pyrrole nitrogens is 1. The largest absolute Gasteiger partial charge is 0.326 e. The van der Waals surface area contributed by atoms with Gasteiger partial charge in [-0.05, 0) is 36.8 Å². The van der Waals surface area contributed by atoms with Gasteiger partial charge in [0.1, 0.15) is 5.82 Å². The Bertz CT molecular complexity index is 918. The first-order valence-electron chi connectivity index (χ1n) is 8.60. The molecule has 1 aromatic carbocycles. The highest BCUT2D eigenvalue weighted by molar-refractivity contribution is 5.93. The molecule has 0 aliphatic carbocycles. The summed E-state index contributed by atoms with van der Waals surface area (Å²) < 4.78 is 1.77. The fourth-order valence-electron chi connectivity index (χ4n) is 3.35. The van der Waals surface area contributed by atoms with E-state index in [9.17, 15) is 4.79 Å². The number of aromatic nitrogens is 5. The van der Waals surface area contributed by atoms with E-state index in [-0.39, 0.29) is 30.2 Å². The van der Waals surface area contributed by atoms with Gasteiger partial charge in [0, 0.05) is 43.5 Å². The summed E-state index contributed by atoms with van der Waals surface area (Å²) in [6.07, 6.45) is 3.82. The Morgan fingerprint density at radius 3 is 2.67 bits per heavy atom. The van der Waals surface area contributed by atoms with Crippen molar-refractivity contribution in [2.45, 2.75) is 12.8 Å². The highest BCUT2D eigenvalue weighted by Gasteiger charge is 2.34. The number of hydrogen-bond donors (Lipinski definition) is 3. The van der Waals surface area contributed by atoms with Crippen molar-refractivity contribution < 1.29 is 4.79 Å². The van der Waals surface area contributed by atoms with Crippen LogP contribution < -0.4 is 10.6 Å². The Kier molecular flexibility index (Phi) is 5.57. The van der Waals surface area contributed by atoms with Crippen molar-refractivity contribution in [1.82, 2.24) is 30.3 Å². The van der Waals surface area contributed by atoms with Crippen LogP contribution in [0.15, 0.2) is 36.7 Å². The van der Waals surface area contributed by atoms with Gasteiger partial charge in [0.25, 0.3) is 0 Å². The third-order valence-corrected chi connectivity index (χ3v) is 4.71.